The molecule has 1 fully saturated rings. The molecule has 4 aromatic rings. The highest BCUT2D eigenvalue weighted by atomic mass is 16.6. The Bertz CT molecular complexity index is 1290. The van der Waals surface area contributed by atoms with Gasteiger partial charge in [-0.3, -0.25) is 15.0 Å². The SMILES string of the molecule is Cc1cc(Nc2nc3cncc(-c4cnn(C)c4)n3n2)ccc1NC(=O)OC1CCOCC1. The minimum Gasteiger partial charge on any atom is -0.446 e. The lowest BCUT2D eigenvalue weighted by molar-refractivity contribution is 0.00592. The zero-order valence-corrected chi connectivity index (χ0v) is 18.4. The summed E-state index contributed by atoms with van der Waals surface area (Å²) in [6.45, 7) is 3.15. The number of anilines is 3. The van der Waals surface area contributed by atoms with E-state index in [9.17, 15) is 4.79 Å². The minimum absolute atomic E-state index is 0.104. The van der Waals surface area contributed by atoms with E-state index < -0.39 is 6.09 Å². The number of rotatable bonds is 5. The lowest BCUT2D eigenvalue weighted by Gasteiger charge is -2.22. The monoisotopic (exact) mass is 448 g/mol. The molecule has 0 bridgehead atoms. The largest absolute Gasteiger partial charge is 0.446 e. The average Bonchev–Trinajstić information content (AvgIpc) is 3.41. The highest BCUT2D eigenvalue weighted by Crippen LogP contribution is 2.24. The number of aromatic nitrogens is 6. The fourth-order valence-electron chi connectivity index (χ4n) is 3.71. The number of carbonyl (C=O) groups excluding carboxylic acids is 1. The lowest BCUT2D eigenvalue weighted by atomic mass is 10.1. The van der Waals surface area contributed by atoms with Crippen LogP contribution >= 0.6 is 0 Å². The topological polar surface area (TPSA) is 120 Å². The first-order valence-electron chi connectivity index (χ1n) is 10.7. The van der Waals surface area contributed by atoms with Gasteiger partial charge in [0.1, 0.15) is 6.10 Å². The van der Waals surface area contributed by atoms with E-state index in [0.29, 0.717) is 30.5 Å². The summed E-state index contributed by atoms with van der Waals surface area (Å²) in [4.78, 5) is 21.0. The van der Waals surface area contributed by atoms with Crippen molar-refractivity contribution < 1.29 is 14.3 Å². The highest BCUT2D eigenvalue weighted by molar-refractivity contribution is 5.86. The van der Waals surface area contributed by atoms with Gasteiger partial charge in [0.2, 0.25) is 5.95 Å². The average molecular weight is 448 g/mol. The van der Waals surface area contributed by atoms with Gasteiger partial charge in [0.05, 0.1) is 37.5 Å². The molecule has 0 aliphatic carbocycles. The molecule has 3 aromatic heterocycles. The highest BCUT2D eigenvalue weighted by Gasteiger charge is 2.18. The molecule has 0 spiro atoms. The van der Waals surface area contributed by atoms with Crippen molar-refractivity contribution in [2.45, 2.75) is 25.9 Å². The molecule has 1 amide bonds. The van der Waals surface area contributed by atoms with Crippen molar-refractivity contribution in [2.24, 2.45) is 7.05 Å². The van der Waals surface area contributed by atoms with E-state index in [2.05, 4.69) is 30.8 Å². The quantitative estimate of drug-likeness (QED) is 0.477. The van der Waals surface area contributed by atoms with Gasteiger partial charge in [0, 0.05) is 43.0 Å². The summed E-state index contributed by atoms with van der Waals surface area (Å²) in [5.74, 6) is 0.437. The van der Waals surface area contributed by atoms with Crippen LogP contribution in [0.2, 0.25) is 0 Å². The molecule has 4 heterocycles. The number of hydrogen-bond donors (Lipinski definition) is 2. The molecule has 0 atom stereocenters. The van der Waals surface area contributed by atoms with Gasteiger partial charge in [-0.15, -0.1) is 5.10 Å². The number of amides is 1. The summed E-state index contributed by atoms with van der Waals surface area (Å²) in [7, 11) is 1.86. The van der Waals surface area contributed by atoms with Gasteiger partial charge in [0.25, 0.3) is 0 Å². The van der Waals surface area contributed by atoms with E-state index in [1.807, 2.05) is 38.4 Å². The molecule has 11 nitrogen and oxygen atoms in total. The lowest BCUT2D eigenvalue weighted by Crippen LogP contribution is -2.28. The van der Waals surface area contributed by atoms with Crippen LogP contribution in [0.25, 0.3) is 16.9 Å². The number of ether oxygens (including phenoxy) is 2. The smallest absolute Gasteiger partial charge is 0.411 e. The number of nitrogens with zero attached hydrogens (tertiary/aromatic N) is 6. The normalized spacial score (nSPS) is 14.4. The van der Waals surface area contributed by atoms with Crippen molar-refractivity contribution in [3.05, 3.63) is 48.5 Å². The molecular formula is C22H24N8O3. The number of aryl methyl sites for hydroxylation is 2. The summed E-state index contributed by atoms with van der Waals surface area (Å²) in [5, 5.41) is 14.8. The van der Waals surface area contributed by atoms with Gasteiger partial charge in [-0.25, -0.2) is 9.31 Å². The third-order valence-corrected chi connectivity index (χ3v) is 5.41. The van der Waals surface area contributed by atoms with Crippen molar-refractivity contribution in [3.8, 4) is 11.3 Å². The number of fused-ring (bicyclic) bond motifs is 1. The molecule has 170 valence electrons. The molecule has 11 heteroatoms. The second-order valence-corrected chi connectivity index (χ2v) is 7.90. The first-order valence-corrected chi connectivity index (χ1v) is 10.7. The second kappa shape index (κ2) is 8.87. The first kappa shape index (κ1) is 20.9. The Balaban J connectivity index is 1.29. The maximum Gasteiger partial charge on any atom is 0.411 e. The zero-order valence-electron chi connectivity index (χ0n) is 18.4. The Kier molecular flexibility index (Phi) is 5.61. The Morgan fingerprint density at radius 1 is 1.21 bits per heavy atom. The predicted molar refractivity (Wildman–Crippen MR) is 121 cm³/mol. The Morgan fingerprint density at radius 2 is 2.06 bits per heavy atom. The van der Waals surface area contributed by atoms with E-state index >= 15 is 0 Å². The number of nitrogens with one attached hydrogen (secondary N) is 2. The fraction of sp³-hybridized carbons (Fsp3) is 0.318. The molecule has 5 rings (SSSR count). The molecule has 33 heavy (non-hydrogen) atoms. The van der Waals surface area contributed by atoms with Crippen molar-refractivity contribution in [3.63, 3.8) is 0 Å². The molecule has 1 aliphatic heterocycles. The molecule has 0 radical (unpaired) electrons. The maximum absolute atomic E-state index is 12.2. The van der Waals surface area contributed by atoms with E-state index in [1.165, 1.54) is 0 Å². The number of carbonyl (C=O) groups is 1. The van der Waals surface area contributed by atoms with Crippen molar-refractivity contribution in [2.75, 3.05) is 23.8 Å². The second-order valence-electron chi connectivity index (χ2n) is 7.90. The molecule has 1 aliphatic rings. The van der Waals surface area contributed by atoms with Gasteiger partial charge in [-0.05, 0) is 30.7 Å². The summed E-state index contributed by atoms with van der Waals surface area (Å²) >= 11 is 0. The van der Waals surface area contributed by atoms with Crippen molar-refractivity contribution in [1.29, 1.82) is 0 Å². The van der Waals surface area contributed by atoms with Crippen LogP contribution in [0.1, 0.15) is 18.4 Å². The maximum atomic E-state index is 12.2. The van der Waals surface area contributed by atoms with Gasteiger partial charge in [-0.2, -0.15) is 10.1 Å². The third kappa shape index (κ3) is 4.62. The van der Waals surface area contributed by atoms with Gasteiger partial charge in [-0.1, -0.05) is 0 Å². The molecule has 1 saturated heterocycles. The van der Waals surface area contributed by atoms with Crippen molar-refractivity contribution in [1.82, 2.24) is 29.4 Å². The van der Waals surface area contributed by atoms with E-state index in [0.717, 1.165) is 35.3 Å². The third-order valence-electron chi connectivity index (χ3n) is 5.41. The standard InChI is InChI=1S/C22H24N8O3/c1-14-9-16(3-4-18(14)26-22(31)33-17-5-7-32-8-6-17)25-21-27-20-12-23-11-19(30(20)28-21)15-10-24-29(2)13-15/h3-4,9-13,17H,5-8H2,1-2H3,(H,25,28)(H,26,31). The van der Waals surface area contributed by atoms with Crippen LogP contribution in [-0.2, 0) is 16.5 Å². The Hall–Kier alpha value is -3.99. The summed E-state index contributed by atoms with van der Waals surface area (Å²) in [6, 6.07) is 5.58. The van der Waals surface area contributed by atoms with Gasteiger partial charge < -0.3 is 14.8 Å². The van der Waals surface area contributed by atoms with Crippen LogP contribution in [0.3, 0.4) is 0 Å². The van der Waals surface area contributed by atoms with E-state index in [1.54, 1.807) is 27.8 Å². The number of hydrogen-bond acceptors (Lipinski definition) is 8. The van der Waals surface area contributed by atoms with E-state index in [-0.39, 0.29) is 6.10 Å². The first-order chi connectivity index (χ1) is 16.0. The van der Waals surface area contributed by atoms with Crippen LogP contribution in [0.5, 0.6) is 0 Å². The van der Waals surface area contributed by atoms with E-state index in [4.69, 9.17) is 9.47 Å². The summed E-state index contributed by atoms with van der Waals surface area (Å²) < 4.78 is 14.2. The Morgan fingerprint density at radius 3 is 2.82 bits per heavy atom. The van der Waals surface area contributed by atoms with Crippen LogP contribution < -0.4 is 10.6 Å². The summed E-state index contributed by atoms with van der Waals surface area (Å²) in [6.07, 6.45) is 7.92. The minimum atomic E-state index is -0.455. The molecule has 0 saturated carbocycles. The van der Waals surface area contributed by atoms with Crippen LogP contribution in [0.4, 0.5) is 22.1 Å². The van der Waals surface area contributed by atoms with Crippen LogP contribution in [0, 0.1) is 6.92 Å². The number of benzene rings is 1. The molecule has 2 N–H and O–H groups in total. The van der Waals surface area contributed by atoms with Crippen LogP contribution in [-0.4, -0.2) is 54.8 Å². The van der Waals surface area contributed by atoms with Gasteiger partial charge in [0.15, 0.2) is 5.65 Å². The molecular weight excluding hydrogens is 424 g/mol. The zero-order chi connectivity index (χ0) is 22.8. The van der Waals surface area contributed by atoms with Gasteiger partial charge >= 0.3 is 6.09 Å². The molecule has 0 unspecified atom stereocenters. The molecule has 1 aromatic carbocycles. The fourth-order valence-corrected chi connectivity index (χ4v) is 3.71. The van der Waals surface area contributed by atoms with Crippen LogP contribution in [0.15, 0.2) is 43.0 Å². The Labute approximate surface area is 189 Å². The predicted octanol–water partition coefficient (Wildman–Crippen LogP) is 3.30. The van der Waals surface area contributed by atoms with Crippen molar-refractivity contribution >= 4 is 29.1 Å². The summed E-state index contributed by atoms with van der Waals surface area (Å²) in [5.41, 5.74) is 4.66.